The van der Waals surface area contributed by atoms with Crippen LogP contribution in [-0.2, 0) is 19.1 Å². The summed E-state index contributed by atoms with van der Waals surface area (Å²) in [7, 11) is 0. The molecule has 0 aromatic heterocycles. The van der Waals surface area contributed by atoms with E-state index in [9.17, 15) is 9.59 Å². The van der Waals surface area contributed by atoms with Crippen LogP contribution in [0.15, 0.2) is 12.7 Å². The number of ether oxygens (including phenoxy) is 2. The highest BCUT2D eigenvalue weighted by Crippen LogP contribution is 2.67. The Labute approximate surface area is 163 Å². The second-order valence-electron chi connectivity index (χ2n) is 10.3. The second kappa shape index (κ2) is 6.93. The molecule has 0 N–H and O–H groups in total. The van der Waals surface area contributed by atoms with Crippen molar-refractivity contribution in [3.05, 3.63) is 12.7 Å². The van der Waals surface area contributed by atoms with Crippen molar-refractivity contribution in [1.82, 2.24) is 0 Å². The number of esters is 2. The highest BCUT2D eigenvalue weighted by atomic mass is 16.6. The number of carbonyl (C=O) groups excluding carboxylic acids is 2. The zero-order chi connectivity index (χ0) is 19.2. The quantitative estimate of drug-likeness (QED) is 0.518. The van der Waals surface area contributed by atoms with E-state index in [1.807, 2.05) is 0 Å². The van der Waals surface area contributed by atoms with Crippen LogP contribution in [-0.4, -0.2) is 24.1 Å². The van der Waals surface area contributed by atoms with Crippen LogP contribution < -0.4 is 0 Å². The fourth-order valence-corrected chi connectivity index (χ4v) is 7.44. The highest BCUT2D eigenvalue weighted by Gasteiger charge is 2.65. The van der Waals surface area contributed by atoms with Gasteiger partial charge in [0.05, 0.1) is 0 Å². The summed E-state index contributed by atoms with van der Waals surface area (Å²) >= 11 is 0. The first-order valence-electron chi connectivity index (χ1n) is 10.9. The van der Waals surface area contributed by atoms with Gasteiger partial charge < -0.3 is 9.47 Å². The van der Waals surface area contributed by atoms with Gasteiger partial charge in [0.1, 0.15) is 5.60 Å². The first-order chi connectivity index (χ1) is 12.8. The van der Waals surface area contributed by atoms with E-state index in [4.69, 9.17) is 9.47 Å². The van der Waals surface area contributed by atoms with Crippen LogP contribution in [0.25, 0.3) is 0 Å². The molecule has 0 radical (unpaired) electrons. The minimum absolute atomic E-state index is 0.296. The minimum Gasteiger partial charge on any atom is -0.456 e. The van der Waals surface area contributed by atoms with Crippen molar-refractivity contribution in [1.29, 1.82) is 0 Å². The molecule has 0 saturated heterocycles. The van der Waals surface area contributed by atoms with Crippen LogP contribution >= 0.6 is 0 Å². The van der Waals surface area contributed by atoms with Gasteiger partial charge >= 0.3 is 11.9 Å². The summed E-state index contributed by atoms with van der Waals surface area (Å²) in [6.07, 6.45) is 12.0. The smallest absolute Gasteiger partial charge is 0.344 e. The molecule has 0 amide bonds. The zero-order valence-corrected chi connectivity index (χ0v) is 16.9. The third-order valence-electron chi connectivity index (χ3n) is 8.22. The van der Waals surface area contributed by atoms with E-state index in [2.05, 4.69) is 20.4 Å². The van der Waals surface area contributed by atoms with Crippen LogP contribution in [0.5, 0.6) is 0 Å². The molecule has 5 aliphatic rings. The van der Waals surface area contributed by atoms with E-state index in [1.165, 1.54) is 44.9 Å². The van der Waals surface area contributed by atoms with E-state index >= 15 is 0 Å². The Morgan fingerprint density at radius 1 is 1.04 bits per heavy atom. The third kappa shape index (κ3) is 3.34. The lowest BCUT2D eigenvalue weighted by molar-refractivity contribution is -0.248. The van der Waals surface area contributed by atoms with Crippen LogP contribution in [0.2, 0.25) is 0 Å². The molecule has 27 heavy (non-hydrogen) atoms. The highest BCUT2D eigenvalue weighted by molar-refractivity contribution is 5.83. The Morgan fingerprint density at radius 2 is 1.67 bits per heavy atom. The third-order valence-corrected chi connectivity index (χ3v) is 8.22. The average molecular weight is 375 g/mol. The molecule has 0 aliphatic heterocycles. The van der Waals surface area contributed by atoms with Crippen molar-refractivity contribution >= 4 is 11.9 Å². The first kappa shape index (κ1) is 19.0. The van der Waals surface area contributed by atoms with Gasteiger partial charge in [-0.15, -0.1) is 0 Å². The predicted molar refractivity (Wildman–Crippen MR) is 103 cm³/mol. The summed E-state index contributed by atoms with van der Waals surface area (Å²) in [5.74, 6) is 2.06. The van der Waals surface area contributed by atoms with Gasteiger partial charge in [0.25, 0.3) is 0 Å². The largest absolute Gasteiger partial charge is 0.456 e. The average Bonchev–Trinajstić information content (AvgIpc) is 2.62. The van der Waals surface area contributed by atoms with E-state index in [0.29, 0.717) is 23.2 Å². The molecule has 4 bridgehead atoms. The molecule has 0 heterocycles. The molecular weight excluding hydrogens is 340 g/mol. The van der Waals surface area contributed by atoms with Crippen molar-refractivity contribution in [3.63, 3.8) is 0 Å². The van der Waals surface area contributed by atoms with Crippen molar-refractivity contribution in [2.75, 3.05) is 6.61 Å². The summed E-state index contributed by atoms with van der Waals surface area (Å²) in [6.45, 7) is 7.87. The summed E-state index contributed by atoms with van der Waals surface area (Å²) in [4.78, 5) is 24.1. The maximum Gasteiger partial charge on any atom is 0.344 e. The van der Waals surface area contributed by atoms with E-state index < -0.39 is 5.97 Å². The SMILES string of the molecule is C=CC(=O)OCC(=O)OC1(C2CCC(C)CC2)C2CC3CC1CC(C)(C3)C2. The Hall–Kier alpha value is -1.32. The molecule has 0 aromatic carbocycles. The molecular formula is C23H34O4. The van der Waals surface area contributed by atoms with Gasteiger partial charge in [0, 0.05) is 17.9 Å². The van der Waals surface area contributed by atoms with E-state index in [1.54, 1.807) is 0 Å². The Kier molecular flexibility index (Phi) is 4.88. The minimum atomic E-state index is -0.565. The van der Waals surface area contributed by atoms with Crippen molar-refractivity contribution < 1.29 is 19.1 Å². The standard InChI is InChI=1S/C23H34O4/c1-4-20(24)26-14-21(25)27-23(17-7-5-15(2)6-8-17)18-9-16-10-19(23)13-22(3,11-16)12-18/h4,15-19H,1,5-14H2,2-3H3. The van der Waals surface area contributed by atoms with Gasteiger partial charge in [-0.25, -0.2) is 9.59 Å². The first-order valence-corrected chi connectivity index (χ1v) is 10.9. The summed E-state index contributed by atoms with van der Waals surface area (Å²) in [6, 6.07) is 0. The fourth-order valence-electron chi connectivity index (χ4n) is 7.44. The molecule has 0 aromatic rings. The maximum absolute atomic E-state index is 12.7. The van der Waals surface area contributed by atoms with Gasteiger partial charge in [-0.05, 0) is 68.1 Å². The van der Waals surface area contributed by atoms with Crippen LogP contribution in [0, 0.1) is 35.0 Å². The summed E-state index contributed by atoms with van der Waals surface area (Å²) < 4.78 is 11.4. The topological polar surface area (TPSA) is 52.6 Å². The molecule has 4 nitrogen and oxygen atoms in total. The Balaban J connectivity index is 1.58. The monoisotopic (exact) mass is 374 g/mol. The maximum atomic E-state index is 12.7. The lowest BCUT2D eigenvalue weighted by Crippen LogP contribution is -2.65. The van der Waals surface area contributed by atoms with Crippen LogP contribution in [0.1, 0.15) is 71.6 Å². The van der Waals surface area contributed by atoms with Crippen molar-refractivity contribution in [3.8, 4) is 0 Å². The van der Waals surface area contributed by atoms with Crippen LogP contribution in [0.4, 0.5) is 0 Å². The van der Waals surface area contributed by atoms with Crippen molar-refractivity contribution in [2.24, 2.45) is 35.0 Å². The van der Waals surface area contributed by atoms with Crippen molar-refractivity contribution in [2.45, 2.75) is 77.2 Å². The van der Waals surface area contributed by atoms with Gasteiger partial charge in [0.15, 0.2) is 6.61 Å². The number of hydrogen-bond acceptors (Lipinski definition) is 4. The van der Waals surface area contributed by atoms with Gasteiger partial charge in [-0.1, -0.05) is 33.3 Å². The lowest BCUT2D eigenvalue weighted by atomic mass is 9.42. The molecule has 2 atom stereocenters. The molecule has 5 rings (SSSR count). The number of rotatable bonds is 5. The summed E-state index contributed by atoms with van der Waals surface area (Å²) in [5, 5.41) is 0. The lowest BCUT2D eigenvalue weighted by Gasteiger charge is -2.66. The van der Waals surface area contributed by atoms with E-state index in [0.717, 1.165) is 30.8 Å². The predicted octanol–water partition coefficient (Wildman–Crippen LogP) is 4.67. The summed E-state index contributed by atoms with van der Waals surface area (Å²) in [5.41, 5.74) is 0.109. The molecule has 150 valence electrons. The molecule has 5 saturated carbocycles. The zero-order valence-electron chi connectivity index (χ0n) is 16.9. The normalized spacial score (nSPS) is 45.3. The number of carbonyl (C=O) groups is 2. The fraction of sp³-hybridized carbons (Fsp3) is 0.826. The molecule has 2 unspecified atom stereocenters. The Morgan fingerprint density at radius 3 is 2.22 bits per heavy atom. The molecule has 4 heteroatoms. The molecule has 0 spiro atoms. The van der Waals surface area contributed by atoms with Gasteiger partial charge in [0.2, 0.25) is 0 Å². The molecule has 5 aliphatic carbocycles. The second-order valence-corrected chi connectivity index (χ2v) is 10.3. The number of hydrogen-bond donors (Lipinski definition) is 0. The van der Waals surface area contributed by atoms with Crippen LogP contribution in [0.3, 0.4) is 0 Å². The van der Waals surface area contributed by atoms with E-state index in [-0.39, 0.29) is 18.2 Å². The van der Waals surface area contributed by atoms with Gasteiger partial charge in [-0.3, -0.25) is 0 Å². The van der Waals surface area contributed by atoms with Gasteiger partial charge in [-0.2, -0.15) is 0 Å². The Bertz CT molecular complexity index is 600. The molecule has 5 fully saturated rings.